The normalized spacial score (nSPS) is 15.2. The summed E-state index contributed by atoms with van der Waals surface area (Å²) in [6, 6.07) is 17.5. The third-order valence-electron chi connectivity index (χ3n) is 9.39. The molecule has 0 bridgehead atoms. The molecular formula is C36H39N5O4. The lowest BCUT2D eigenvalue weighted by atomic mass is 9.81. The number of nitrogens with one attached hydrogen (secondary N) is 3. The number of H-pyrrole nitrogens is 1. The van der Waals surface area contributed by atoms with Crippen LogP contribution < -0.4 is 20.1 Å². The molecule has 0 radical (unpaired) electrons. The molecule has 1 fully saturated rings. The number of imidazole rings is 1. The van der Waals surface area contributed by atoms with Gasteiger partial charge in [0.25, 0.3) is 11.8 Å². The fourth-order valence-corrected chi connectivity index (χ4v) is 7.04. The summed E-state index contributed by atoms with van der Waals surface area (Å²) in [6.45, 7) is 5.06. The molecule has 9 nitrogen and oxygen atoms in total. The van der Waals surface area contributed by atoms with E-state index in [-0.39, 0.29) is 11.8 Å². The molecule has 0 atom stereocenters. The van der Waals surface area contributed by atoms with E-state index in [1.165, 1.54) is 35.9 Å². The van der Waals surface area contributed by atoms with E-state index in [1.807, 2.05) is 44.2 Å². The third-order valence-corrected chi connectivity index (χ3v) is 9.39. The van der Waals surface area contributed by atoms with E-state index in [2.05, 4.69) is 32.3 Å². The maximum Gasteiger partial charge on any atom is 0.252 e. The summed E-state index contributed by atoms with van der Waals surface area (Å²) in [4.78, 5) is 34.0. The molecular weight excluding hydrogens is 566 g/mol. The van der Waals surface area contributed by atoms with E-state index in [0.717, 1.165) is 40.9 Å². The molecule has 3 heterocycles. The van der Waals surface area contributed by atoms with E-state index in [4.69, 9.17) is 14.5 Å². The molecule has 0 unspecified atom stereocenters. The van der Waals surface area contributed by atoms with Gasteiger partial charge in [0.1, 0.15) is 23.9 Å². The van der Waals surface area contributed by atoms with Gasteiger partial charge in [0.15, 0.2) is 0 Å². The van der Waals surface area contributed by atoms with Gasteiger partial charge in [0, 0.05) is 40.7 Å². The number of benzene rings is 3. The van der Waals surface area contributed by atoms with Gasteiger partial charge < -0.3 is 29.7 Å². The number of methoxy groups -OCH3 is 1. The Morgan fingerprint density at radius 1 is 1.00 bits per heavy atom. The lowest BCUT2D eigenvalue weighted by molar-refractivity contribution is 0.0907. The van der Waals surface area contributed by atoms with Crippen LogP contribution in [-0.4, -0.2) is 47.1 Å². The van der Waals surface area contributed by atoms with Crippen molar-refractivity contribution in [1.82, 2.24) is 25.2 Å². The number of nitrogens with zero attached hydrogens (tertiary/aromatic N) is 2. The van der Waals surface area contributed by atoms with Gasteiger partial charge in [-0.15, -0.1) is 0 Å². The Hall–Kier alpha value is -4.79. The van der Waals surface area contributed by atoms with Crippen LogP contribution >= 0.6 is 0 Å². The summed E-state index contributed by atoms with van der Waals surface area (Å²) in [5, 5.41) is 7.05. The zero-order chi connectivity index (χ0) is 31.3. The van der Waals surface area contributed by atoms with E-state index in [9.17, 15) is 9.59 Å². The average Bonchev–Trinajstić information content (AvgIpc) is 3.58. The van der Waals surface area contributed by atoms with Crippen LogP contribution in [-0.2, 0) is 12.1 Å². The van der Waals surface area contributed by atoms with E-state index < -0.39 is 5.54 Å². The average molecular weight is 606 g/mol. The van der Waals surface area contributed by atoms with Crippen LogP contribution in [0.4, 0.5) is 0 Å². The molecule has 9 heteroatoms. The highest BCUT2D eigenvalue weighted by Gasteiger charge is 2.31. The Labute approximate surface area is 262 Å². The first kappa shape index (κ1) is 29.0. The van der Waals surface area contributed by atoms with Crippen molar-refractivity contribution < 1.29 is 19.1 Å². The summed E-state index contributed by atoms with van der Waals surface area (Å²) in [5.74, 6) is 2.33. The number of amides is 2. The Kier molecular flexibility index (Phi) is 7.26. The number of ether oxygens (including phenoxy) is 2. The second kappa shape index (κ2) is 11.3. The van der Waals surface area contributed by atoms with Gasteiger partial charge in [-0.25, -0.2) is 4.98 Å². The first-order valence-electron chi connectivity index (χ1n) is 15.8. The standard InChI is InChI=1S/C36H39N5O4/c1-36(2,35-38-27-15-11-22(33(42)37-3)18-28(27)39-35)40-34(43)23-10-13-25-29(19-23)41-16-17-45-30-20-24(44-4)12-14-26(30)32(41)31(25)21-8-6-5-7-9-21/h10-15,18-21H,5-9,16-17H2,1-4H3,(H,37,42)(H,38,39)(H,40,43). The molecule has 3 N–H and O–H groups in total. The van der Waals surface area contributed by atoms with E-state index >= 15 is 0 Å². The Balaban J connectivity index is 1.27. The highest BCUT2D eigenvalue weighted by atomic mass is 16.5. The fourth-order valence-electron chi connectivity index (χ4n) is 7.04. The van der Waals surface area contributed by atoms with Crippen molar-refractivity contribution in [2.75, 3.05) is 20.8 Å². The highest BCUT2D eigenvalue weighted by Crippen LogP contribution is 2.47. The van der Waals surface area contributed by atoms with Gasteiger partial charge in [-0.3, -0.25) is 9.59 Å². The van der Waals surface area contributed by atoms with Crippen LogP contribution in [0.25, 0.3) is 33.2 Å². The third kappa shape index (κ3) is 5.10. The van der Waals surface area contributed by atoms with Crippen molar-refractivity contribution in [3.8, 4) is 22.8 Å². The molecule has 45 heavy (non-hydrogen) atoms. The molecule has 1 aliphatic heterocycles. The number of fused-ring (bicyclic) bond motifs is 6. The van der Waals surface area contributed by atoms with Crippen molar-refractivity contribution >= 4 is 33.8 Å². The van der Waals surface area contributed by atoms with E-state index in [1.54, 1.807) is 26.3 Å². The predicted molar refractivity (Wildman–Crippen MR) is 175 cm³/mol. The molecule has 0 saturated heterocycles. The molecule has 5 aromatic rings. The summed E-state index contributed by atoms with van der Waals surface area (Å²) in [7, 11) is 3.28. The first-order chi connectivity index (χ1) is 21.8. The van der Waals surface area contributed by atoms with Crippen molar-refractivity contribution in [3.63, 3.8) is 0 Å². The largest absolute Gasteiger partial charge is 0.497 e. The molecule has 2 amide bonds. The monoisotopic (exact) mass is 605 g/mol. The minimum absolute atomic E-state index is 0.172. The molecule has 3 aromatic carbocycles. The fraction of sp³-hybridized carbons (Fsp3) is 0.361. The zero-order valence-corrected chi connectivity index (χ0v) is 26.3. The summed E-state index contributed by atoms with van der Waals surface area (Å²) in [5.41, 5.74) is 6.47. The van der Waals surface area contributed by atoms with Gasteiger partial charge in [0.2, 0.25) is 0 Å². The molecule has 232 valence electrons. The second-order valence-corrected chi connectivity index (χ2v) is 12.7. The van der Waals surface area contributed by atoms with Gasteiger partial charge in [-0.05, 0) is 80.6 Å². The smallest absolute Gasteiger partial charge is 0.252 e. The number of aromatic amines is 1. The number of rotatable bonds is 6. The zero-order valence-electron chi connectivity index (χ0n) is 26.3. The van der Waals surface area contributed by atoms with Crippen LogP contribution in [0.1, 0.15) is 84.0 Å². The molecule has 1 saturated carbocycles. The van der Waals surface area contributed by atoms with Crippen molar-refractivity contribution in [2.24, 2.45) is 0 Å². The minimum atomic E-state index is -0.798. The summed E-state index contributed by atoms with van der Waals surface area (Å²) < 4.78 is 14.1. The van der Waals surface area contributed by atoms with Crippen molar-refractivity contribution in [1.29, 1.82) is 0 Å². The molecule has 2 aromatic heterocycles. The van der Waals surface area contributed by atoms with Crippen LogP contribution in [0, 0.1) is 0 Å². The van der Waals surface area contributed by atoms with Crippen LogP contribution in [0.3, 0.4) is 0 Å². The Morgan fingerprint density at radius 3 is 2.56 bits per heavy atom. The second-order valence-electron chi connectivity index (χ2n) is 12.7. The Bertz CT molecular complexity index is 1950. The predicted octanol–water partition coefficient (Wildman–Crippen LogP) is 6.66. The number of aromatic nitrogens is 3. The quantitative estimate of drug-likeness (QED) is 0.201. The van der Waals surface area contributed by atoms with Crippen molar-refractivity contribution in [3.05, 3.63) is 77.1 Å². The maximum atomic E-state index is 13.8. The highest BCUT2D eigenvalue weighted by molar-refractivity contribution is 6.01. The molecule has 2 aliphatic rings. The SMILES string of the molecule is CNC(=O)c1ccc2[nH]c(C(C)(C)NC(=O)c3ccc4c(C5CCCCC5)c5n(c4c3)CCOc3cc(OC)ccc3-5)nc2c1. The number of carbonyl (C=O) groups is 2. The van der Waals surface area contributed by atoms with Crippen LogP contribution in [0.15, 0.2) is 54.6 Å². The van der Waals surface area contributed by atoms with E-state index in [0.29, 0.717) is 41.5 Å². The van der Waals surface area contributed by atoms with Crippen LogP contribution in [0.2, 0.25) is 0 Å². The van der Waals surface area contributed by atoms with Crippen molar-refractivity contribution in [2.45, 2.75) is 64.0 Å². The van der Waals surface area contributed by atoms with Gasteiger partial charge >= 0.3 is 0 Å². The minimum Gasteiger partial charge on any atom is -0.497 e. The molecule has 0 spiro atoms. The lowest BCUT2D eigenvalue weighted by Gasteiger charge is -2.24. The van der Waals surface area contributed by atoms with Gasteiger partial charge in [-0.2, -0.15) is 0 Å². The van der Waals surface area contributed by atoms with Gasteiger partial charge in [-0.1, -0.05) is 25.3 Å². The molecule has 7 rings (SSSR count). The summed E-state index contributed by atoms with van der Waals surface area (Å²) in [6.07, 6.45) is 6.07. The maximum absolute atomic E-state index is 13.8. The van der Waals surface area contributed by atoms with Crippen LogP contribution in [0.5, 0.6) is 11.5 Å². The van der Waals surface area contributed by atoms with Gasteiger partial charge in [0.05, 0.1) is 35.9 Å². The number of carbonyl (C=O) groups excluding carboxylic acids is 2. The topological polar surface area (TPSA) is 110 Å². The first-order valence-corrected chi connectivity index (χ1v) is 15.8. The Morgan fingerprint density at radius 2 is 1.78 bits per heavy atom. The summed E-state index contributed by atoms with van der Waals surface area (Å²) >= 11 is 0. The number of hydrogen-bond acceptors (Lipinski definition) is 5. The molecule has 1 aliphatic carbocycles. The number of hydrogen-bond donors (Lipinski definition) is 3. The lowest BCUT2D eigenvalue weighted by Crippen LogP contribution is -2.41.